The van der Waals surface area contributed by atoms with Gasteiger partial charge in [-0.15, -0.1) is 4.68 Å². The number of aromatic nitrogens is 3. The first-order valence-corrected chi connectivity index (χ1v) is 10.9. The Morgan fingerprint density at radius 3 is 2.73 bits per heavy atom. The summed E-state index contributed by atoms with van der Waals surface area (Å²) in [4.78, 5) is 33.0. The Labute approximate surface area is 189 Å². The van der Waals surface area contributed by atoms with Crippen molar-refractivity contribution in [2.75, 3.05) is 33.4 Å². The van der Waals surface area contributed by atoms with Crippen molar-refractivity contribution in [1.82, 2.24) is 14.6 Å². The fourth-order valence-corrected chi connectivity index (χ4v) is 4.31. The molecule has 1 saturated heterocycles. The minimum Gasteiger partial charge on any atom is -0.496 e. The van der Waals surface area contributed by atoms with Crippen LogP contribution in [0.3, 0.4) is 0 Å². The Balaban J connectivity index is 1.50. The molecule has 1 aliphatic heterocycles. The molecule has 3 heterocycles. The lowest BCUT2D eigenvalue weighted by molar-refractivity contribution is -0.921. The van der Waals surface area contributed by atoms with Gasteiger partial charge in [0.25, 0.3) is 0 Å². The summed E-state index contributed by atoms with van der Waals surface area (Å²) >= 11 is 0. The van der Waals surface area contributed by atoms with Gasteiger partial charge in [0.2, 0.25) is 0 Å². The zero-order valence-corrected chi connectivity index (χ0v) is 18.6. The van der Waals surface area contributed by atoms with E-state index >= 15 is 0 Å². The van der Waals surface area contributed by atoms with Crippen molar-refractivity contribution < 1.29 is 14.4 Å². The second-order valence-corrected chi connectivity index (χ2v) is 8.33. The summed E-state index contributed by atoms with van der Waals surface area (Å²) in [5.41, 5.74) is 3.38. The minimum absolute atomic E-state index is 0.318. The summed E-state index contributed by atoms with van der Waals surface area (Å²) in [5.74, 6) is 0.802. The van der Waals surface area contributed by atoms with Crippen molar-refractivity contribution in [2.24, 2.45) is 5.10 Å². The minimum atomic E-state index is -0.586. The average Bonchev–Trinajstić information content (AvgIpc) is 3.17. The highest BCUT2D eigenvalue weighted by molar-refractivity contribution is 6.04. The zero-order chi connectivity index (χ0) is 22.9. The SMILES string of the molecule is COc1ccc(C=Nn2c(=O)[nH]c3c([nH]c4ccc(C)cc43)c2=O)cc1C[NH+]1CCOCC1. The summed E-state index contributed by atoms with van der Waals surface area (Å²) in [5, 5.41) is 5.01. The number of aromatic amines is 2. The van der Waals surface area contributed by atoms with Gasteiger partial charge < -0.3 is 24.3 Å². The molecule has 0 radical (unpaired) electrons. The number of nitrogens with one attached hydrogen (secondary N) is 3. The number of nitrogens with zero attached hydrogens (tertiary/aromatic N) is 2. The molecular weight excluding hydrogens is 422 g/mol. The first-order chi connectivity index (χ1) is 16.0. The molecule has 5 rings (SSSR count). The molecule has 9 nitrogen and oxygen atoms in total. The summed E-state index contributed by atoms with van der Waals surface area (Å²) in [6.45, 7) is 6.15. The summed E-state index contributed by atoms with van der Waals surface area (Å²) in [6, 6.07) is 11.5. The number of morpholine rings is 1. The van der Waals surface area contributed by atoms with Gasteiger partial charge in [-0.05, 0) is 42.8 Å². The normalized spacial score (nSPS) is 15.1. The monoisotopic (exact) mass is 448 g/mol. The third kappa shape index (κ3) is 4.08. The fraction of sp³-hybridized carbons (Fsp3) is 0.292. The predicted octanol–water partition coefficient (Wildman–Crippen LogP) is 0.785. The van der Waals surface area contributed by atoms with Crippen molar-refractivity contribution >= 4 is 28.2 Å². The van der Waals surface area contributed by atoms with Crippen LogP contribution in [0.1, 0.15) is 16.7 Å². The van der Waals surface area contributed by atoms with E-state index in [0.29, 0.717) is 11.0 Å². The van der Waals surface area contributed by atoms with Gasteiger partial charge in [0, 0.05) is 16.5 Å². The molecule has 1 fully saturated rings. The van der Waals surface area contributed by atoms with E-state index in [-0.39, 0.29) is 0 Å². The number of quaternary nitrogens is 1. The Kier molecular flexibility index (Phi) is 5.57. The summed E-state index contributed by atoms with van der Waals surface area (Å²) in [7, 11) is 1.65. The molecule has 2 aromatic heterocycles. The van der Waals surface area contributed by atoms with E-state index in [9.17, 15) is 9.59 Å². The van der Waals surface area contributed by atoms with Crippen LogP contribution in [-0.2, 0) is 11.3 Å². The number of fused-ring (bicyclic) bond motifs is 3. The van der Waals surface area contributed by atoms with E-state index < -0.39 is 11.2 Å². The van der Waals surface area contributed by atoms with Gasteiger partial charge in [0.15, 0.2) is 0 Å². The largest absolute Gasteiger partial charge is 0.496 e. The molecule has 0 amide bonds. The van der Waals surface area contributed by atoms with Gasteiger partial charge in [-0.25, -0.2) is 4.79 Å². The lowest BCUT2D eigenvalue weighted by atomic mass is 10.1. The van der Waals surface area contributed by atoms with Crippen LogP contribution in [0.15, 0.2) is 51.1 Å². The molecule has 0 unspecified atom stereocenters. The third-order valence-electron chi connectivity index (χ3n) is 6.05. The van der Waals surface area contributed by atoms with Gasteiger partial charge in [-0.1, -0.05) is 11.6 Å². The number of methoxy groups -OCH3 is 1. The van der Waals surface area contributed by atoms with Gasteiger partial charge in [-0.3, -0.25) is 4.79 Å². The number of aryl methyl sites for hydroxylation is 1. The smallest absolute Gasteiger partial charge is 0.350 e. The van der Waals surface area contributed by atoms with Crippen LogP contribution in [0.5, 0.6) is 5.75 Å². The van der Waals surface area contributed by atoms with Gasteiger partial charge >= 0.3 is 11.2 Å². The highest BCUT2D eigenvalue weighted by atomic mass is 16.5. The summed E-state index contributed by atoms with van der Waals surface area (Å²) in [6.07, 6.45) is 1.52. The van der Waals surface area contributed by atoms with Crippen LogP contribution in [0.4, 0.5) is 0 Å². The number of hydrogen-bond donors (Lipinski definition) is 3. The second-order valence-electron chi connectivity index (χ2n) is 8.33. The Morgan fingerprint density at radius 2 is 1.94 bits per heavy atom. The Hall–Kier alpha value is -3.69. The zero-order valence-electron chi connectivity index (χ0n) is 18.6. The van der Waals surface area contributed by atoms with Crippen LogP contribution < -0.4 is 20.9 Å². The molecule has 33 heavy (non-hydrogen) atoms. The lowest BCUT2D eigenvalue weighted by Gasteiger charge is -2.24. The maximum Gasteiger partial charge on any atom is 0.350 e. The molecule has 4 aromatic rings. The van der Waals surface area contributed by atoms with Crippen molar-refractivity contribution in [2.45, 2.75) is 13.5 Å². The molecule has 2 aromatic carbocycles. The number of ether oxygens (including phenoxy) is 2. The molecule has 1 aliphatic rings. The van der Waals surface area contributed by atoms with E-state index in [2.05, 4.69) is 15.1 Å². The Morgan fingerprint density at radius 1 is 1.12 bits per heavy atom. The average molecular weight is 449 g/mol. The first kappa shape index (κ1) is 21.2. The number of rotatable bonds is 5. The van der Waals surface area contributed by atoms with E-state index in [1.807, 2.05) is 43.3 Å². The maximum atomic E-state index is 13.0. The number of benzene rings is 2. The van der Waals surface area contributed by atoms with Crippen LogP contribution in [-0.4, -0.2) is 54.3 Å². The molecular formula is C24H26N5O4+. The molecule has 170 valence electrons. The van der Waals surface area contributed by atoms with Crippen LogP contribution in [0.2, 0.25) is 0 Å². The van der Waals surface area contributed by atoms with Crippen LogP contribution >= 0.6 is 0 Å². The van der Waals surface area contributed by atoms with E-state index in [1.165, 1.54) is 11.1 Å². The lowest BCUT2D eigenvalue weighted by Crippen LogP contribution is -3.12. The highest BCUT2D eigenvalue weighted by Crippen LogP contribution is 2.22. The van der Waals surface area contributed by atoms with Gasteiger partial charge in [0.1, 0.15) is 30.9 Å². The maximum absolute atomic E-state index is 13.0. The third-order valence-corrected chi connectivity index (χ3v) is 6.05. The second kappa shape index (κ2) is 8.68. The van der Waals surface area contributed by atoms with Crippen molar-refractivity contribution in [3.05, 3.63) is 73.9 Å². The summed E-state index contributed by atoms with van der Waals surface area (Å²) < 4.78 is 11.8. The van der Waals surface area contributed by atoms with E-state index in [1.54, 1.807) is 7.11 Å². The molecule has 0 saturated carbocycles. The predicted molar refractivity (Wildman–Crippen MR) is 127 cm³/mol. The fourth-order valence-electron chi connectivity index (χ4n) is 4.31. The van der Waals surface area contributed by atoms with E-state index in [0.717, 1.165) is 70.9 Å². The van der Waals surface area contributed by atoms with Crippen LogP contribution in [0.25, 0.3) is 21.9 Å². The highest BCUT2D eigenvalue weighted by Gasteiger charge is 2.17. The van der Waals surface area contributed by atoms with Gasteiger partial charge in [0.05, 0.1) is 32.1 Å². The number of H-pyrrole nitrogens is 2. The Bertz CT molecular complexity index is 1470. The molecule has 0 atom stereocenters. The van der Waals surface area contributed by atoms with Crippen LogP contribution in [0, 0.1) is 6.92 Å². The standard InChI is InChI=1S/C24H25N5O4/c1-15-3-5-19-18(11-15)21-22(26-19)23(30)29(24(31)27-21)25-13-16-4-6-20(32-2)17(12-16)14-28-7-9-33-10-8-28/h3-6,11-13,26H,7-10,14H2,1-2H3,(H,27,31)/p+1. The topological polar surface area (TPSA) is 106 Å². The number of hydrogen-bond acceptors (Lipinski definition) is 5. The molecule has 0 spiro atoms. The van der Waals surface area contributed by atoms with Gasteiger partial charge in [-0.2, -0.15) is 5.10 Å². The molecule has 9 heteroatoms. The first-order valence-electron chi connectivity index (χ1n) is 10.9. The quantitative estimate of drug-likeness (QED) is 0.393. The molecule has 0 aliphatic carbocycles. The van der Waals surface area contributed by atoms with Crippen molar-refractivity contribution in [3.63, 3.8) is 0 Å². The van der Waals surface area contributed by atoms with Crippen molar-refractivity contribution in [1.29, 1.82) is 0 Å². The molecule has 3 N–H and O–H groups in total. The van der Waals surface area contributed by atoms with E-state index in [4.69, 9.17) is 9.47 Å². The molecule has 0 bridgehead atoms. The van der Waals surface area contributed by atoms with Crippen molar-refractivity contribution in [3.8, 4) is 5.75 Å².